The number of carbonyl (C=O) groups excluding carboxylic acids is 3. The molecule has 0 aliphatic carbocycles. The number of amides is 3. The van der Waals surface area contributed by atoms with E-state index in [1.165, 1.54) is 4.88 Å². The van der Waals surface area contributed by atoms with Gasteiger partial charge in [0, 0.05) is 62.7 Å². The molecule has 0 spiro atoms. The number of fused-ring (bicyclic) bond motifs is 2. The van der Waals surface area contributed by atoms with Crippen molar-refractivity contribution in [2.75, 3.05) is 45.0 Å². The van der Waals surface area contributed by atoms with Crippen molar-refractivity contribution in [1.82, 2.24) is 19.0 Å². The third-order valence-electron chi connectivity index (χ3n) is 8.19. The number of likely N-dealkylation sites (tertiary alicyclic amines) is 1. The van der Waals surface area contributed by atoms with E-state index in [0.29, 0.717) is 41.9 Å². The number of carbonyl (C=O) groups is 3. The standard InChI is InChI=1S/C12H15NO.C10H13NOS.C8H15NO.C7H15NO2S/c1-9(2)7-13-8-10-5-3-4-6-11(10)12(13)14;1-7(2)5-11-6-9-8(10(11)12)3-4-13-9;1-7(2)6-9-5-3-4-8(9)10;1-7(2)6-8-4-3-5-11(8,9)10/h3-6,9H,7-8H2,1-2H3;3-4,7H,5-6H2,1-2H3;7H,3-6H2,1-2H3;7H,3-6H2,1-2H3. The number of sulfonamides is 1. The second-order valence-corrected chi connectivity index (χ2v) is 17.9. The summed E-state index contributed by atoms with van der Waals surface area (Å²) in [6, 6.07) is 9.80. The first-order valence-corrected chi connectivity index (χ1v) is 20.1. The Labute approximate surface area is 293 Å². The molecule has 268 valence electrons. The summed E-state index contributed by atoms with van der Waals surface area (Å²) in [5.74, 6) is 3.23. The van der Waals surface area contributed by atoms with E-state index < -0.39 is 10.0 Å². The second-order valence-electron chi connectivity index (χ2n) is 14.8. The van der Waals surface area contributed by atoms with Crippen LogP contribution in [0.5, 0.6) is 0 Å². The zero-order valence-corrected chi connectivity index (χ0v) is 32.0. The summed E-state index contributed by atoms with van der Waals surface area (Å²) in [4.78, 5) is 41.7. The first kappa shape index (κ1) is 39.7. The summed E-state index contributed by atoms with van der Waals surface area (Å²) < 4.78 is 24.0. The molecule has 2 fully saturated rings. The molecule has 48 heavy (non-hydrogen) atoms. The summed E-state index contributed by atoms with van der Waals surface area (Å²) in [6.07, 6.45) is 2.63. The van der Waals surface area contributed by atoms with Crippen molar-refractivity contribution in [1.29, 1.82) is 0 Å². The Morgan fingerprint density at radius 3 is 1.73 bits per heavy atom. The van der Waals surface area contributed by atoms with Gasteiger partial charge in [0.05, 0.1) is 17.9 Å². The van der Waals surface area contributed by atoms with E-state index >= 15 is 0 Å². The number of nitrogens with zero attached hydrogens (tertiary/aromatic N) is 4. The van der Waals surface area contributed by atoms with Gasteiger partial charge in [-0.05, 0) is 59.6 Å². The topological polar surface area (TPSA) is 98.3 Å². The van der Waals surface area contributed by atoms with Crippen LogP contribution in [0.4, 0.5) is 0 Å². The lowest BCUT2D eigenvalue weighted by Gasteiger charge is -2.17. The normalized spacial score (nSPS) is 18.2. The summed E-state index contributed by atoms with van der Waals surface area (Å²) in [5.41, 5.74) is 2.97. The Bertz CT molecular complexity index is 1470. The monoisotopic (exact) mass is 702 g/mol. The summed E-state index contributed by atoms with van der Waals surface area (Å²) >= 11 is 1.68. The molecule has 6 rings (SSSR count). The molecule has 0 bridgehead atoms. The molecule has 4 aliphatic rings. The highest BCUT2D eigenvalue weighted by atomic mass is 32.2. The van der Waals surface area contributed by atoms with E-state index in [1.807, 2.05) is 64.3 Å². The second kappa shape index (κ2) is 18.3. The molecule has 0 atom stereocenters. The van der Waals surface area contributed by atoms with Crippen LogP contribution in [0.1, 0.15) is 106 Å². The van der Waals surface area contributed by atoms with Gasteiger partial charge in [-0.1, -0.05) is 73.6 Å². The molecule has 0 N–H and O–H groups in total. The fourth-order valence-electron chi connectivity index (χ4n) is 6.20. The maximum absolute atomic E-state index is 11.9. The molecule has 2 aromatic rings. The van der Waals surface area contributed by atoms with Crippen LogP contribution in [0.3, 0.4) is 0 Å². The molecule has 1 aromatic heterocycles. The van der Waals surface area contributed by atoms with E-state index in [9.17, 15) is 22.8 Å². The Morgan fingerprint density at radius 2 is 1.23 bits per heavy atom. The van der Waals surface area contributed by atoms with Gasteiger partial charge in [0.2, 0.25) is 15.9 Å². The highest BCUT2D eigenvalue weighted by molar-refractivity contribution is 7.89. The highest BCUT2D eigenvalue weighted by Gasteiger charge is 2.29. The van der Waals surface area contributed by atoms with E-state index in [4.69, 9.17) is 0 Å². The Morgan fingerprint density at radius 1 is 0.667 bits per heavy atom. The van der Waals surface area contributed by atoms with Crippen molar-refractivity contribution < 1.29 is 22.8 Å². The highest BCUT2D eigenvalue weighted by Crippen LogP contribution is 2.28. The summed E-state index contributed by atoms with van der Waals surface area (Å²) in [7, 11) is -2.85. The molecule has 0 saturated carbocycles. The van der Waals surface area contributed by atoms with E-state index in [0.717, 1.165) is 81.8 Å². The SMILES string of the molecule is CC(C)CN1CCCC1=O.CC(C)CN1CCCS1(=O)=O.CC(C)CN1Cc2ccccc2C1=O.CC(C)CN1Cc2sccc2C1=O. The van der Waals surface area contributed by atoms with Crippen LogP contribution in [-0.2, 0) is 27.9 Å². The molecule has 11 heteroatoms. The third-order valence-corrected chi connectivity index (χ3v) is 11.0. The first-order chi connectivity index (χ1) is 22.6. The van der Waals surface area contributed by atoms with Crippen LogP contribution in [0.25, 0.3) is 0 Å². The molecule has 1 aromatic carbocycles. The number of hydrogen-bond donors (Lipinski definition) is 0. The van der Waals surface area contributed by atoms with E-state index in [1.54, 1.807) is 15.6 Å². The molecule has 4 aliphatic heterocycles. The first-order valence-electron chi connectivity index (χ1n) is 17.6. The minimum atomic E-state index is -2.85. The fourth-order valence-corrected chi connectivity index (χ4v) is 8.77. The van der Waals surface area contributed by atoms with Crippen molar-refractivity contribution >= 4 is 39.1 Å². The van der Waals surface area contributed by atoms with E-state index in [2.05, 4.69) is 41.5 Å². The quantitative estimate of drug-likeness (QED) is 0.309. The third kappa shape index (κ3) is 11.7. The lowest BCUT2D eigenvalue weighted by atomic mass is 10.1. The molecular formula is C37H58N4O5S2. The largest absolute Gasteiger partial charge is 0.342 e. The number of rotatable bonds is 8. The molecule has 0 unspecified atom stereocenters. The molecule has 9 nitrogen and oxygen atoms in total. The van der Waals surface area contributed by atoms with Gasteiger partial charge in [-0.15, -0.1) is 11.3 Å². The molecular weight excluding hydrogens is 645 g/mol. The van der Waals surface area contributed by atoms with Crippen LogP contribution in [0.15, 0.2) is 35.7 Å². The molecule has 0 radical (unpaired) electrons. The molecule has 3 amide bonds. The lowest BCUT2D eigenvalue weighted by Crippen LogP contribution is -2.29. The predicted octanol–water partition coefficient (Wildman–Crippen LogP) is 6.60. The van der Waals surface area contributed by atoms with Gasteiger partial charge in [0.25, 0.3) is 11.8 Å². The van der Waals surface area contributed by atoms with Crippen LogP contribution < -0.4 is 0 Å². The average molecular weight is 703 g/mol. The van der Waals surface area contributed by atoms with Gasteiger partial charge < -0.3 is 14.7 Å². The maximum atomic E-state index is 11.9. The Kier molecular flexibility index (Phi) is 15.1. The van der Waals surface area contributed by atoms with Crippen LogP contribution in [-0.4, -0.2) is 90.2 Å². The van der Waals surface area contributed by atoms with Gasteiger partial charge in [0.15, 0.2) is 0 Å². The minimum absolute atomic E-state index is 0.189. The lowest BCUT2D eigenvalue weighted by molar-refractivity contribution is -0.128. The average Bonchev–Trinajstić information content (AvgIpc) is 3.80. The fraction of sp³-hybridized carbons (Fsp3) is 0.649. The number of benzene rings is 1. The van der Waals surface area contributed by atoms with Gasteiger partial charge in [-0.25, -0.2) is 12.7 Å². The zero-order chi connectivity index (χ0) is 35.6. The van der Waals surface area contributed by atoms with Crippen LogP contribution in [0, 0.1) is 23.7 Å². The van der Waals surface area contributed by atoms with Gasteiger partial charge in [-0.2, -0.15) is 0 Å². The smallest absolute Gasteiger partial charge is 0.255 e. The van der Waals surface area contributed by atoms with E-state index in [-0.39, 0.29) is 11.8 Å². The van der Waals surface area contributed by atoms with Crippen molar-refractivity contribution in [3.05, 3.63) is 57.3 Å². The maximum Gasteiger partial charge on any atom is 0.255 e. The predicted molar refractivity (Wildman–Crippen MR) is 195 cm³/mol. The summed E-state index contributed by atoms with van der Waals surface area (Å²) in [5, 5.41) is 2.00. The Balaban J connectivity index is 0.000000175. The van der Waals surface area contributed by atoms with Crippen molar-refractivity contribution in [2.24, 2.45) is 23.7 Å². The van der Waals surface area contributed by atoms with Crippen LogP contribution in [0.2, 0.25) is 0 Å². The van der Waals surface area contributed by atoms with Crippen molar-refractivity contribution in [3.8, 4) is 0 Å². The van der Waals surface area contributed by atoms with Gasteiger partial charge in [0.1, 0.15) is 0 Å². The van der Waals surface area contributed by atoms with Crippen molar-refractivity contribution in [2.45, 2.75) is 87.7 Å². The number of hydrogen-bond acceptors (Lipinski definition) is 6. The zero-order valence-electron chi connectivity index (χ0n) is 30.4. The molecule has 2 saturated heterocycles. The van der Waals surface area contributed by atoms with Gasteiger partial charge >= 0.3 is 0 Å². The minimum Gasteiger partial charge on any atom is -0.342 e. The summed E-state index contributed by atoms with van der Waals surface area (Å²) in [6.45, 7) is 23.6. The van der Waals surface area contributed by atoms with Gasteiger partial charge in [-0.3, -0.25) is 14.4 Å². The Hall–Kier alpha value is -2.76. The number of thiophene rings is 1. The van der Waals surface area contributed by atoms with Crippen molar-refractivity contribution in [3.63, 3.8) is 0 Å². The van der Waals surface area contributed by atoms with Crippen LogP contribution >= 0.6 is 11.3 Å². The molecule has 5 heterocycles.